The number of urea groups is 1. The Labute approximate surface area is 123 Å². The van der Waals surface area contributed by atoms with Crippen LogP contribution in [0.3, 0.4) is 0 Å². The molecule has 0 aromatic heterocycles. The van der Waals surface area contributed by atoms with Crippen LogP contribution in [-0.4, -0.2) is 29.9 Å². The Morgan fingerprint density at radius 1 is 1.48 bits per heavy atom. The maximum atomic E-state index is 13.5. The predicted molar refractivity (Wildman–Crippen MR) is 78.3 cm³/mol. The molecule has 1 heterocycles. The zero-order valence-corrected chi connectivity index (χ0v) is 12.1. The molecule has 114 valence electrons. The van der Waals surface area contributed by atoms with Gasteiger partial charge in [0.05, 0.1) is 0 Å². The molecule has 1 fully saturated rings. The standard InChI is InChI=1S/C15H20FN3O2/c1-10-12(16)5-2-6-13(10)18-15(21)19-7-3-4-11(9-19)8-14(17)20/h2,5-6,11H,3-4,7-9H2,1H3,(H2,17,20)(H,18,21). The van der Waals surface area contributed by atoms with E-state index < -0.39 is 0 Å². The number of hydrogen-bond donors (Lipinski definition) is 2. The summed E-state index contributed by atoms with van der Waals surface area (Å²) < 4.78 is 13.5. The summed E-state index contributed by atoms with van der Waals surface area (Å²) in [4.78, 5) is 24.9. The Morgan fingerprint density at radius 2 is 2.24 bits per heavy atom. The van der Waals surface area contributed by atoms with Crippen molar-refractivity contribution in [2.24, 2.45) is 11.7 Å². The van der Waals surface area contributed by atoms with Crippen LogP contribution in [0.15, 0.2) is 18.2 Å². The van der Waals surface area contributed by atoms with Crippen molar-refractivity contribution in [1.29, 1.82) is 0 Å². The highest BCUT2D eigenvalue weighted by atomic mass is 19.1. The van der Waals surface area contributed by atoms with E-state index in [2.05, 4.69) is 5.32 Å². The summed E-state index contributed by atoms with van der Waals surface area (Å²) in [5.74, 6) is -0.586. The molecule has 1 aliphatic rings. The fourth-order valence-corrected chi connectivity index (χ4v) is 2.64. The molecule has 1 unspecified atom stereocenters. The molecule has 6 heteroatoms. The summed E-state index contributed by atoms with van der Waals surface area (Å²) in [6.07, 6.45) is 2.03. The molecule has 1 aromatic carbocycles. The van der Waals surface area contributed by atoms with Crippen LogP contribution in [0.2, 0.25) is 0 Å². The number of likely N-dealkylation sites (tertiary alicyclic amines) is 1. The smallest absolute Gasteiger partial charge is 0.321 e. The Kier molecular flexibility index (Phi) is 4.77. The lowest BCUT2D eigenvalue weighted by Crippen LogP contribution is -2.43. The quantitative estimate of drug-likeness (QED) is 0.897. The van der Waals surface area contributed by atoms with E-state index in [9.17, 15) is 14.0 Å². The molecular weight excluding hydrogens is 273 g/mol. The molecule has 21 heavy (non-hydrogen) atoms. The average Bonchev–Trinajstić information content (AvgIpc) is 2.43. The second-order valence-corrected chi connectivity index (χ2v) is 5.47. The van der Waals surface area contributed by atoms with Gasteiger partial charge in [0.15, 0.2) is 0 Å². The molecule has 0 aliphatic carbocycles. The third-order valence-electron chi connectivity index (χ3n) is 3.81. The summed E-state index contributed by atoms with van der Waals surface area (Å²) in [7, 11) is 0. The Balaban J connectivity index is 1.99. The van der Waals surface area contributed by atoms with Gasteiger partial charge in [-0.15, -0.1) is 0 Å². The van der Waals surface area contributed by atoms with Gasteiger partial charge in [0.25, 0.3) is 0 Å². The molecule has 0 bridgehead atoms. The first-order valence-corrected chi connectivity index (χ1v) is 7.06. The first-order chi connectivity index (χ1) is 9.97. The Hall–Kier alpha value is -2.11. The van der Waals surface area contributed by atoms with Crippen molar-refractivity contribution in [1.82, 2.24) is 4.90 Å². The summed E-state index contributed by atoms with van der Waals surface area (Å²) in [5.41, 5.74) is 6.09. The van der Waals surface area contributed by atoms with Gasteiger partial charge in [-0.2, -0.15) is 0 Å². The molecule has 5 nitrogen and oxygen atoms in total. The van der Waals surface area contributed by atoms with E-state index in [4.69, 9.17) is 5.73 Å². The third-order valence-corrected chi connectivity index (χ3v) is 3.81. The number of anilines is 1. The number of halogens is 1. The molecule has 2 rings (SSSR count). The van der Waals surface area contributed by atoms with Gasteiger partial charge < -0.3 is 16.0 Å². The number of carbonyl (C=O) groups is 2. The van der Waals surface area contributed by atoms with Crippen LogP contribution in [0, 0.1) is 18.7 Å². The topological polar surface area (TPSA) is 75.4 Å². The molecule has 0 spiro atoms. The fraction of sp³-hybridized carbons (Fsp3) is 0.467. The second kappa shape index (κ2) is 6.56. The monoisotopic (exact) mass is 293 g/mol. The number of nitrogens with two attached hydrogens (primary N) is 1. The van der Waals surface area contributed by atoms with Crippen molar-refractivity contribution < 1.29 is 14.0 Å². The van der Waals surface area contributed by atoms with Crippen LogP contribution >= 0.6 is 0 Å². The van der Waals surface area contributed by atoms with Crippen LogP contribution in [0.5, 0.6) is 0 Å². The lowest BCUT2D eigenvalue weighted by atomic mass is 9.95. The van der Waals surface area contributed by atoms with Crippen molar-refractivity contribution in [3.8, 4) is 0 Å². The number of amides is 3. The number of piperidine rings is 1. The van der Waals surface area contributed by atoms with Crippen molar-refractivity contribution >= 4 is 17.6 Å². The van der Waals surface area contributed by atoms with Crippen LogP contribution in [-0.2, 0) is 4.79 Å². The molecule has 1 saturated heterocycles. The average molecular weight is 293 g/mol. The normalized spacial score (nSPS) is 18.4. The summed E-state index contributed by atoms with van der Waals surface area (Å²) in [6, 6.07) is 4.32. The minimum Gasteiger partial charge on any atom is -0.370 e. The van der Waals surface area contributed by atoms with Gasteiger partial charge in [-0.3, -0.25) is 4.79 Å². The third kappa shape index (κ3) is 3.93. The largest absolute Gasteiger partial charge is 0.370 e. The molecule has 1 atom stereocenters. The van der Waals surface area contributed by atoms with Gasteiger partial charge in [0, 0.05) is 30.8 Å². The van der Waals surface area contributed by atoms with Gasteiger partial charge >= 0.3 is 6.03 Å². The van der Waals surface area contributed by atoms with E-state index in [0.29, 0.717) is 30.8 Å². The van der Waals surface area contributed by atoms with E-state index in [1.807, 2.05) is 0 Å². The number of nitrogens with zero attached hydrogens (tertiary/aromatic N) is 1. The van der Waals surface area contributed by atoms with E-state index in [0.717, 1.165) is 12.8 Å². The van der Waals surface area contributed by atoms with Crippen LogP contribution in [0.1, 0.15) is 24.8 Å². The van der Waals surface area contributed by atoms with Crippen molar-refractivity contribution in [2.75, 3.05) is 18.4 Å². The van der Waals surface area contributed by atoms with Crippen molar-refractivity contribution in [2.45, 2.75) is 26.2 Å². The lowest BCUT2D eigenvalue weighted by molar-refractivity contribution is -0.119. The highest BCUT2D eigenvalue weighted by molar-refractivity contribution is 5.90. The number of carbonyl (C=O) groups excluding carboxylic acids is 2. The summed E-state index contributed by atoms with van der Waals surface area (Å²) >= 11 is 0. The predicted octanol–water partition coefficient (Wildman–Crippen LogP) is 2.25. The molecule has 0 saturated carbocycles. The van der Waals surface area contributed by atoms with E-state index in [1.165, 1.54) is 6.07 Å². The summed E-state index contributed by atoms with van der Waals surface area (Å²) in [6.45, 7) is 2.76. The number of hydrogen-bond acceptors (Lipinski definition) is 2. The Bertz CT molecular complexity index is 548. The Morgan fingerprint density at radius 3 is 2.95 bits per heavy atom. The molecule has 0 radical (unpaired) electrons. The number of benzene rings is 1. The first-order valence-electron chi connectivity index (χ1n) is 7.06. The SMILES string of the molecule is Cc1c(F)cccc1NC(=O)N1CCCC(CC(N)=O)C1. The van der Waals surface area contributed by atoms with Crippen molar-refractivity contribution in [3.05, 3.63) is 29.6 Å². The number of primary amides is 1. The zero-order chi connectivity index (χ0) is 15.4. The van der Waals surface area contributed by atoms with Crippen LogP contribution in [0.25, 0.3) is 0 Å². The molecular formula is C15H20FN3O2. The van der Waals surface area contributed by atoms with E-state index in [-0.39, 0.29) is 23.7 Å². The van der Waals surface area contributed by atoms with Gasteiger partial charge in [-0.25, -0.2) is 9.18 Å². The van der Waals surface area contributed by atoms with Gasteiger partial charge in [-0.05, 0) is 37.8 Å². The zero-order valence-electron chi connectivity index (χ0n) is 12.1. The lowest BCUT2D eigenvalue weighted by Gasteiger charge is -2.32. The molecule has 1 aliphatic heterocycles. The highest BCUT2D eigenvalue weighted by Gasteiger charge is 2.25. The fourth-order valence-electron chi connectivity index (χ4n) is 2.64. The maximum Gasteiger partial charge on any atom is 0.321 e. The van der Waals surface area contributed by atoms with Crippen LogP contribution in [0.4, 0.5) is 14.9 Å². The molecule has 3 amide bonds. The van der Waals surface area contributed by atoms with Crippen molar-refractivity contribution in [3.63, 3.8) is 0 Å². The number of nitrogens with one attached hydrogen (secondary N) is 1. The minimum absolute atomic E-state index is 0.107. The second-order valence-electron chi connectivity index (χ2n) is 5.47. The highest BCUT2D eigenvalue weighted by Crippen LogP contribution is 2.22. The van der Waals surface area contributed by atoms with E-state index in [1.54, 1.807) is 24.0 Å². The van der Waals surface area contributed by atoms with Gasteiger partial charge in [0.2, 0.25) is 5.91 Å². The van der Waals surface area contributed by atoms with Crippen LogP contribution < -0.4 is 11.1 Å². The summed E-state index contributed by atoms with van der Waals surface area (Å²) in [5, 5.41) is 2.73. The maximum absolute atomic E-state index is 13.5. The number of rotatable bonds is 3. The first kappa shape index (κ1) is 15.3. The van der Waals surface area contributed by atoms with Gasteiger partial charge in [-0.1, -0.05) is 6.07 Å². The molecule has 1 aromatic rings. The van der Waals surface area contributed by atoms with E-state index >= 15 is 0 Å². The molecule has 3 N–H and O–H groups in total. The van der Waals surface area contributed by atoms with Gasteiger partial charge in [0.1, 0.15) is 5.82 Å². The minimum atomic E-state index is -0.349.